The Morgan fingerprint density at radius 2 is 1.98 bits per heavy atom. The second-order valence-electron chi connectivity index (χ2n) is 12.5. The normalized spacial score (nSPS) is 38.9. The van der Waals surface area contributed by atoms with Gasteiger partial charge in [-0.05, 0) is 104 Å². The van der Waals surface area contributed by atoms with Crippen LogP contribution in [0.25, 0.3) is 0 Å². The molecule has 0 aromatic heterocycles. The van der Waals surface area contributed by atoms with Gasteiger partial charge in [0.2, 0.25) is 0 Å². The molecule has 1 aromatic rings. The van der Waals surface area contributed by atoms with Crippen molar-refractivity contribution in [3.63, 3.8) is 0 Å². The summed E-state index contributed by atoms with van der Waals surface area (Å²) in [5.41, 5.74) is 5.86. The highest BCUT2D eigenvalue weighted by Crippen LogP contribution is 2.69. The van der Waals surface area contributed by atoms with Crippen LogP contribution in [0.5, 0.6) is 0 Å². The molecule has 0 bridgehead atoms. The van der Waals surface area contributed by atoms with Crippen LogP contribution in [0.3, 0.4) is 0 Å². The van der Waals surface area contributed by atoms with Crippen LogP contribution in [0.2, 0.25) is 0 Å². The van der Waals surface area contributed by atoms with Crippen LogP contribution < -0.4 is 5.73 Å². The minimum Gasteiger partial charge on any atom is -0.454 e. The lowest BCUT2D eigenvalue weighted by Crippen LogP contribution is -2.63. The Morgan fingerprint density at radius 3 is 2.61 bits per heavy atom. The van der Waals surface area contributed by atoms with Gasteiger partial charge in [-0.15, -0.1) is 12.6 Å². The lowest BCUT2D eigenvalue weighted by Gasteiger charge is -2.61. The number of aliphatic hydroxyl groups excluding tert-OH is 2. The van der Waals surface area contributed by atoms with Gasteiger partial charge in [-0.2, -0.15) is 0 Å². The number of fused-ring (bicyclic) bond motifs is 5. The molecular weight excluding hydrogens is 547 g/mol. The maximum atomic E-state index is 13.4. The van der Waals surface area contributed by atoms with Gasteiger partial charge in [0.15, 0.2) is 12.2 Å². The van der Waals surface area contributed by atoms with E-state index in [1.165, 1.54) is 24.6 Å². The number of esters is 2. The van der Waals surface area contributed by atoms with Gasteiger partial charge in [-0.1, -0.05) is 19.4 Å². The van der Waals surface area contributed by atoms with Crippen LogP contribution in [0, 0.1) is 34.4 Å². The van der Waals surface area contributed by atoms with Gasteiger partial charge >= 0.3 is 11.9 Å². The standard InChI is InChI=1S/C31H39FN2O6S/c1-17(35)39-16-26(37)40-31(28(38)41)11-10-23-22-9-4-19-12-24(34-21-7-5-20(32)6-8-21)18(15-33)13-29(19,2)27(22)25(36)14-30(23,31)3/h5-8,12,15,22-23,25,27-28,36,38,41H,4,9-11,13-14,16,33H2,1-3H3/t22-,23?,25?,27?,28?,29-,30-,31-/m0/s1. The van der Waals surface area contributed by atoms with Crippen molar-refractivity contribution in [1.29, 1.82) is 0 Å². The molecule has 0 radical (unpaired) electrons. The molecular formula is C31H39FN2O6S. The van der Waals surface area contributed by atoms with E-state index in [4.69, 9.17) is 20.2 Å². The number of rotatable bonds is 5. The molecule has 3 saturated carbocycles. The number of carbonyl (C=O) groups is 2. The molecule has 0 saturated heterocycles. The van der Waals surface area contributed by atoms with Crippen molar-refractivity contribution in [2.75, 3.05) is 6.61 Å². The van der Waals surface area contributed by atoms with Gasteiger partial charge in [-0.3, -0.25) is 4.79 Å². The molecule has 8 atom stereocenters. The van der Waals surface area contributed by atoms with E-state index in [9.17, 15) is 24.2 Å². The molecule has 4 unspecified atom stereocenters. The zero-order valence-corrected chi connectivity index (χ0v) is 24.6. The number of aliphatic hydroxyl groups is 2. The van der Waals surface area contributed by atoms with E-state index < -0.39 is 41.1 Å². The molecule has 8 nitrogen and oxygen atoms in total. The lowest BCUT2D eigenvalue weighted by molar-refractivity contribution is -0.214. The fourth-order valence-corrected chi connectivity index (χ4v) is 9.12. The molecule has 3 fully saturated rings. The van der Waals surface area contributed by atoms with Crippen LogP contribution >= 0.6 is 12.6 Å². The van der Waals surface area contributed by atoms with E-state index >= 15 is 0 Å². The predicted octanol–water partition coefficient (Wildman–Crippen LogP) is 4.38. The smallest absolute Gasteiger partial charge is 0.344 e. The molecule has 1 aromatic carbocycles. The first kappa shape index (κ1) is 29.8. The highest BCUT2D eigenvalue weighted by molar-refractivity contribution is 7.80. The SMILES string of the molecule is CC(=O)OCC(=O)O[C@]1(C(O)S)CCC2[C@@H]3CCC4=CC(=Nc5ccc(F)cc5)C(=CN)C[C@]4(C)C3C(O)C[C@@]21C. The second-order valence-corrected chi connectivity index (χ2v) is 13.0. The summed E-state index contributed by atoms with van der Waals surface area (Å²) in [5.74, 6) is -1.57. The molecule has 4 aliphatic carbocycles. The number of carbonyl (C=O) groups excluding carboxylic acids is 2. The number of nitrogens with zero attached hydrogens (tertiary/aromatic N) is 1. The van der Waals surface area contributed by atoms with E-state index in [0.717, 1.165) is 24.1 Å². The third-order valence-corrected chi connectivity index (χ3v) is 10.9. The molecule has 0 heterocycles. The first-order chi connectivity index (χ1) is 19.3. The molecule has 10 heteroatoms. The van der Waals surface area contributed by atoms with Crippen molar-refractivity contribution in [1.82, 2.24) is 0 Å². The zero-order chi connectivity index (χ0) is 29.7. The van der Waals surface area contributed by atoms with Gasteiger partial charge in [0.1, 0.15) is 11.3 Å². The number of ether oxygens (including phenoxy) is 2. The third-order valence-electron chi connectivity index (χ3n) is 10.4. The number of thiol groups is 1. The lowest BCUT2D eigenvalue weighted by atomic mass is 9.45. The van der Waals surface area contributed by atoms with Gasteiger partial charge < -0.3 is 25.4 Å². The maximum absolute atomic E-state index is 13.4. The van der Waals surface area contributed by atoms with Crippen molar-refractivity contribution in [3.05, 3.63) is 53.5 Å². The Kier molecular flexibility index (Phi) is 7.89. The van der Waals surface area contributed by atoms with Crippen LogP contribution in [-0.2, 0) is 19.1 Å². The molecule has 0 spiro atoms. The fourth-order valence-electron chi connectivity index (χ4n) is 8.65. The van der Waals surface area contributed by atoms with Crippen molar-refractivity contribution < 1.29 is 33.7 Å². The summed E-state index contributed by atoms with van der Waals surface area (Å²) in [4.78, 5) is 28.7. The van der Waals surface area contributed by atoms with E-state index in [1.807, 2.05) is 6.92 Å². The topological polar surface area (TPSA) is 131 Å². The summed E-state index contributed by atoms with van der Waals surface area (Å²) in [6, 6.07) is 6.02. The van der Waals surface area contributed by atoms with Crippen molar-refractivity contribution >= 4 is 36.0 Å². The fraction of sp³-hybridized carbons (Fsp3) is 0.581. The number of hydrogen-bond donors (Lipinski definition) is 4. The van der Waals surface area contributed by atoms with Crippen molar-refractivity contribution in [2.24, 2.45) is 39.3 Å². The van der Waals surface area contributed by atoms with E-state index in [2.05, 4.69) is 25.6 Å². The summed E-state index contributed by atoms with van der Waals surface area (Å²) in [6.45, 7) is 4.83. The number of allylic oxidation sites excluding steroid dienone is 3. The Bertz CT molecular complexity index is 1310. The van der Waals surface area contributed by atoms with Gasteiger partial charge in [0.05, 0.1) is 17.5 Å². The predicted molar refractivity (Wildman–Crippen MR) is 155 cm³/mol. The van der Waals surface area contributed by atoms with Gasteiger partial charge in [0, 0.05) is 12.3 Å². The monoisotopic (exact) mass is 586 g/mol. The number of benzene rings is 1. The summed E-state index contributed by atoms with van der Waals surface area (Å²) in [5, 5.41) is 22.8. The van der Waals surface area contributed by atoms with E-state index in [-0.39, 0.29) is 29.0 Å². The first-order valence-corrected chi connectivity index (χ1v) is 14.7. The van der Waals surface area contributed by atoms with Crippen LogP contribution in [0.4, 0.5) is 10.1 Å². The number of nitrogens with two attached hydrogens (primary N) is 1. The summed E-state index contributed by atoms with van der Waals surface area (Å²) in [7, 11) is 0. The number of aliphatic imine (C=N–C) groups is 1. The van der Waals surface area contributed by atoms with Crippen molar-refractivity contribution in [3.8, 4) is 0 Å². The number of hydrogen-bond acceptors (Lipinski definition) is 9. The van der Waals surface area contributed by atoms with Crippen LogP contribution in [0.15, 0.2) is 52.7 Å². The Balaban J connectivity index is 1.47. The minimum atomic E-state index is -1.33. The molecule has 0 aliphatic heterocycles. The van der Waals surface area contributed by atoms with Crippen LogP contribution in [-0.4, -0.2) is 51.6 Å². The molecule has 222 valence electrons. The summed E-state index contributed by atoms with van der Waals surface area (Å²) in [6.07, 6.45) is 6.57. The Morgan fingerprint density at radius 1 is 1.27 bits per heavy atom. The maximum Gasteiger partial charge on any atom is 0.344 e. The largest absolute Gasteiger partial charge is 0.454 e. The highest BCUT2D eigenvalue weighted by atomic mass is 32.1. The van der Waals surface area contributed by atoms with Crippen LogP contribution in [0.1, 0.15) is 59.3 Å². The van der Waals surface area contributed by atoms with Gasteiger partial charge in [-0.25, -0.2) is 14.2 Å². The Labute approximate surface area is 245 Å². The van der Waals surface area contributed by atoms with E-state index in [1.54, 1.807) is 18.3 Å². The number of halogens is 1. The molecule has 0 amide bonds. The second kappa shape index (κ2) is 10.9. The van der Waals surface area contributed by atoms with E-state index in [0.29, 0.717) is 31.4 Å². The Hall–Kier alpha value is -2.69. The summed E-state index contributed by atoms with van der Waals surface area (Å²) < 4.78 is 24.2. The average molecular weight is 587 g/mol. The molecule has 5 rings (SSSR count). The molecule has 4 N–H and O–H groups in total. The highest BCUT2D eigenvalue weighted by Gasteiger charge is 2.70. The average Bonchev–Trinajstić information content (AvgIpc) is 3.20. The minimum absolute atomic E-state index is 0.0668. The quantitative estimate of drug-likeness (QED) is 0.229. The summed E-state index contributed by atoms with van der Waals surface area (Å²) >= 11 is 4.38. The molecule has 41 heavy (non-hydrogen) atoms. The third kappa shape index (κ3) is 4.91. The first-order valence-electron chi connectivity index (χ1n) is 14.2. The molecule has 4 aliphatic rings. The van der Waals surface area contributed by atoms with Gasteiger partial charge in [0.25, 0.3) is 0 Å². The zero-order valence-electron chi connectivity index (χ0n) is 23.7. The van der Waals surface area contributed by atoms with Crippen molar-refractivity contribution in [2.45, 2.75) is 76.4 Å².